The lowest BCUT2D eigenvalue weighted by Gasteiger charge is -2.47. The SMILES string of the molecule is CC(=O)N[C@@H](Cc1ccc(F)c(F)c1F)[C@@H](O)CN[C@H]1CC2(CCC2)Oc2ncc(CC(C)C)cc21. The van der Waals surface area contributed by atoms with E-state index >= 15 is 0 Å². The molecule has 2 aliphatic rings. The van der Waals surface area contributed by atoms with Gasteiger partial charge in [-0.15, -0.1) is 0 Å². The van der Waals surface area contributed by atoms with Crippen LogP contribution in [0.15, 0.2) is 24.4 Å². The van der Waals surface area contributed by atoms with Crippen LogP contribution in [-0.4, -0.2) is 40.3 Å². The van der Waals surface area contributed by atoms with Gasteiger partial charge < -0.3 is 20.5 Å². The van der Waals surface area contributed by atoms with Gasteiger partial charge in [-0.05, 0) is 61.3 Å². The van der Waals surface area contributed by atoms with Crippen LogP contribution in [0.1, 0.15) is 69.2 Å². The number of ether oxygens (including phenoxy) is 1. The molecular formula is C27H34F3N3O3. The highest BCUT2D eigenvalue weighted by Crippen LogP contribution is 2.48. The Morgan fingerprint density at radius 2 is 1.97 bits per heavy atom. The van der Waals surface area contributed by atoms with E-state index in [1.165, 1.54) is 6.92 Å². The summed E-state index contributed by atoms with van der Waals surface area (Å²) in [6.07, 6.45) is 5.11. The van der Waals surface area contributed by atoms with E-state index in [2.05, 4.69) is 35.5 Å². The first-order valence-corrected chi connectivity index (χ1v) is 12.6. The molecule has 0 unspecified atom stereocenters. The molecule has 1 aromatic heterocycles. The maximum absolute atomic E-state index is 14.3. The average molecular weight is 506 g/mol. The lowest BCUT2D eigenvalue weighted by molar-refractivity contribution is -0.120. The van der Waals surface area contributed by atoms with Gasteiger partial charge in [-0.1, -0.05) is 19.9 Å². The van der Waals surface area contributed by atoms with Gasteiger partial charge in [-0.25, -0.2) is 18.2 Å². The number of aromatic nitrogens is 1. The maximum atomic E-state index is 14.3. The summed E-state index contributed by atoms with van der Waals surface area (Å²) in [6.45, 7) is 5.66. The third-order valence-corrected chi connectivity index (χ3v) is 7.09. The average Bonchev–Trinajstić information content (AvgIpc) is 2.80. The first-order valence-electron chi connectivity index (χ1n) is 12.6. The minimum Gasteiger partial charge on any atom is -0.471 e. The van der Waals surface area contributed by atoms with E-state index in [-0.39, 0.29) is 30.2 Å². The molecule has 6 nitrogen and oxygen atoms in total. The number of aliphatic hydroxyl groups is 1. The smallest absolute Gasteiger partial charge is 0.218 e. The summed E-state index contributed by atoms with van der Waals surface area (Å²) < 4.78 is 47.6. The Bertz CT molecular complexity index is 1110. The molecule has 0 bridgehead atoms. The summed E-state index contributed by atoms with van der Waals surface area (Å²) in [6, 6.07) is 3.03. The van der Waals surface area contributed by atoms with E-state index in [0.29, 0.717) is 11.8 Å². The molecule has 1 fully saturated rings. The van der Waals surface area contributed by atoms with Crippen molar-refractivity contribution < 1.29 is 27.8 Å². The van der Waals surface area contributed by atoms with Crippen molar-refractivity contribution in [2.45, 2.75) is 83.1 Å². The van der Waals surface area contributed by atoms with Gasteiger partial charge in [-0.3, -0.25) is 4.79 Å². The van der Waals surface area contributed by atoms with Crippen LogP contribution in [0.4, 0.5) is 13.2 Å². The Morgan fingerprint density at radius 3 is 2.61 bits per heavy atom. The molecule has 1 spiro atoms. The van der Waals surface area contributed by atoms with Crippen molar-refractivity contribution in [3.8, 4) is 5.88 Å². The molecule has 1 saturated carbocycles. The number of fused-ring (bicyclic) bond motifs is 1. The highest BCUT2D eigenvalue weighted by molar-refractivity contribution is 5.73. The lowest BCUT2D eigenvalue weighted by atomic mass is 9.73. The second-order valence-corrected chi connectivity index (χ2v) is 10.6. The van der Waals surface area contributed by atoms with Crippen molar-refractivity contribution in [1.29, 1.82) is 0 Å². The van der Waals surface area contributed by atoms with Gasteiger partial charge in [0.1, 0.15) is 5.60 Å². The first-order chi connectivity index (χ1) is 17.1. The van der Waals surface area contributed by atoms with Crippen LogP contribution in [-0.2, 0) is 17.6 Å². The summed E-state index contributed by atoms with van der Waals surface area (Å²) >= 11 is 0. The Balaban J connectivity index is 1.51. The number of halogens is 3. The highest BCUT2D eigenvalue weighted by atomic mass is 19.2. The van der Waals surface area contributed by atoms with Crippen molar-refractivity contribution in [3.63, 3.8) is 0 Å². The summed E-state index contributed by atoms with van der Waals surface area (Å²) in [5, 5.41) is 17.0. The molecule has 1 aliphatic heterocycles. The number of carbonyl (C=O) groups excluding carboxylic acids is 1. The number of hydrogen-bond donors (Lipinski definition) is 3. The van der Waals surface area contributed by atoms with Gasteiger partial charge in [0.15, 0.2) is 17.5 Å². The van der Waals surface area contributed by atoms with Crippen LogP contribution in [0.25, 0.3) is 0 Å². The van der Waals surface area contributed by atoms with E-state index in [1.807, 2.05) is 6.20 Å². The molecule has 2 aromatic rings. The fraction of sp³-hybridized carbons (Fsp3) is 0.556. The molecule has 0 radical (unpaired) electrons. The molecule has 1 aliphatic carbocycles. The Morgan fingerprint density at radius 1 is 1.22 bits per heavy atom. The molecular weight excluding hydrogens is 471 g/mol. The fourth-order valence-electron chi connectivity index (χ4n) is 5.13. The van der Waals surface area contributed by atoms with Crippen LogP contribution in [0.3, 0.4) is 0 Å². The van der Waals surface area contributed by atoms with Gasteiger partial charge in [-0.2, -0.15) is 0 Å². The highest BCUT2D eigenvalue weighted by Gasteiger charge is 2.46. The summed E-state index contributed by atoms with van der Waals surface area (Å²) in [5.41, 5.74) is 1.64. The number of amides is 1. The first kappa shape index (κ1) is 26.4. The number of benzene rings is 1. The van der Waals surface area contributed by atoms with Crippen molar-refractivity contribution in [1.82, 2.24) is 15.6 Å². The van der Waals surface area contributed by atoms with E-state index in [0.717, 1.165) is 55.4 Å². The number of rotatable bonds is 9. The van der Waals surface area contributed by atoms with Crippen molar-refractivity contribution >= 4 is 5.91 Å². The monoisotopic (exact) mass is 505 g/mol. The van der Waals surface area contributed by atoms with E-state index in [4.69, 9.17) is 4.74 Å². The molecule has 3 atom stereocenters. The predicted octanol–water partition coefficient (Wildman–Crippen LogP) is 4.14. The summed E-state index contributed by atoms with van der Waals surface area (Å²) in [5.74, 6) is -3.54. The van der Waals surface area contributed by atoms with Gasteiger partial charge >= 0.3 is 0 Å². The van der Waals surface area contributed by atoms with Crippen LogP contribution >= 0.6 is 0 Å². The normalized spacial score (nSPS) is 19.8. The van der Waals surface area contributed by atoms with Gasteiger partial charge in [0.05, 0.1) is 12.1 Å². The number of nitrogens with zero attached hydrogens (tertiary/aromatic N) is 1. The summed E-state index contributed by atoms with van der Waals surface area (Å²) in [7, 11) is 0. The van der Waals surface area contributed by atoms with Gasteiger partial charge in [0.25, 0.3) is 0 Å². The molecule has 36 heavy (non-hydrogen) atoms. The Labute approximate surface area is 209 Å². The fourth-order valence-corrected chi connectivity index (χ4v) is 5.13. The molecule has 196 valence electrons. The van der Waals surface area contributed by atoms with Gasteiger partial charge in [0.2, 0.25) is 11.8 Å². The molecule has 9 heteroatoms. The zero-order valence-electron chi connectivity index (χ0n) is 20.9. The Hall–Kier alpha value is -2.65. The van der Waals surface area contributed by atoms with Crippen LogP contribution in [0, 0.1) is 23.4 Å². The predicted molar refractivity (Wildman–Crippen MR) is 129 cm³/mol. The van der Waals surface area contributed by atoms with Crippen LogP contribution < -0.4 is 15.4 Å². The zero-order chi connectivity index (χ0) is 26.0. The van der Waals surface area contributed by atoms with Crippen molar-refractivity contribution in [2.75, 3.05) is 6.54 Å². The zero-order valence-corrected chi connectivity index (χ0v) is 20.9. The second kappa shape index (κ2) is 10.8. The number of nitrogens with one attached hydrogen (secondary N) is 2. The minimum atomic E-state index is -1.57. The van der Waals surface area contributed by atoms with Gasteiger partial charge in [0, 0.05) is 37.7 Å². The summed E-state index contributed by atoms with van der Waals surface area (Å²) in [4.78, 5) is 16.4. The molecule has 2 heterocycles. The third-order valence-electron chi connectivity index (χ3n) is 7.09. The van der Waals surface area contributed by atoms with Crippen molar-refractivity contribution in [3.05, 3.63) is 58.5 Å². The van der Waals surface area contributed by atoms with Crippen LogP contribution in [0.2, 0.25) is 0 Å². The lowest BCUT2D eigenvalue weighted by Crippen LogP contribution is -2.52. The van der Waals surface area contributed by atoms with E-state index < -0.39 is 35.5 Å². The minimum absolute atomic E-state index is 0.0881. The topological polar surface area (TPSA) is 83.5 Å². The van der Waals surface area contributed by atoms with Crippen LogP contribution in [0.5, 0.6) is 5.88 Å². The molecule has 4 rings (SSSR count). The number of hydrogen-bond acceptors (Lipinski definition) is 5. The second-order valence-electron chi connectivity index (χ2n) is 10.6. The standard InChI is InChI=1S/C27H34F3N3O3/c1-15(2)9-17-10-19-22(12-27(7-4-8-27)36-26(19)32-13-17)31-14-23(35)21(33-16(3)34)11-18-5-6-20(28)25(30)24(18)29/h5-6,10,13,15,21-23,31,35H,4,7-9,11-12,14H2,1-3H3,(H,33,34)/t21-,22-,23-/m0/s1. The van der Waals surface area contributed by atoms with Crippen molar-refractivity contribution in [2.24, 2.45) is 5.92 Å². The molecule has 1 amide bonds. The van der Waals surface area contributed by atoms with E-state index in [1.54, 1.807) is 0 Å². The Kier molecular flexibility index (Phi) is 7.90. The largest absolute Gasteiger partial charge is 0.471 e. The maximum Gasteiger partial charge on any atom is 0.218 e. The molecule has 1 aromatic carbocycles. The third kappa shape index (κ3) is 5.83. The number of aliphatic hydroxyl groups excluding tert-OH is 1. The number of pyridine rings is 1. The molecule has 0 saturated heterocycles. The molecule has 3 N–H and O–H groups in total. The van der Waals surface area contributed by atoms with E-state index in [9.17, 15) is 23.1 Å². The quantitative estimate of drug-likeness (QED) is 0.446. The number of carbonyl (C=O) groups is 1.